The van der Waals surface area contributed by atoms with E-state index in [2.05, 4.69) is 0 Å². The first kappa shape index (κ1) is 17.5. The lowest BCUT2D eigenvalue weighted by Gasteiger charge is -2.26. The van der Waals surface area contributed by atoms with Crippen molar-refractivity contribution in [2.75, 3.05) is 18.0 Å². The maximum Gasteiger partial charge on any atom is 0.232 e. The molecule has 0 unspecified atom stereocenters. The van der Waals surface area contributed by atoms with E-state index in [1.807, 2.05) is 20.8 Å². The van der Waals surface area contributed by atoms with Crippen LogP contribution >= 0.6 is 0 Å². The largest absolute Gasteiger partial charge is 0.399 e. The molecule has 0 atom stereocenters. The lowest BCUT2D eigenvalue weighted by atomic mass is 10.0. The molecule has 0 aliphatic carbocycles. The Morgan fingerprint density at radius 1 is 1.29 bits per heavy atom. The van der Waals surface area contributed by atoms with Crippen molar-refractivity contribution in [3.05, 3.63) is 29.8 Å². The number of amides is 1. The van der Waals surface area contributed by atoms with E-state index in [0.29, 0.717) is 11.3 Å². The van der Waals surface area contributed by atoms with E-state index >= 15 is 0 Å². The molecule has 6 nitrogen and oxygen atoms in total. The number of nitrogen functional groups attached to an aromatic ring is 1. The van der Waals surface area contributed by atoms with Crippen molar-refractivity contribution < 1.29 is 13.2 Å². The molecule has 1 amide bonds. The molecule has 0 spiro atoms. The minimum absolute atomic E-state index is 0.0599. The Bertz CT molecular complexity index is 606. The fourth-order valence-corrected chi connectivity index (χ4v) is 3.91. The van der Waals surface area contributed by atoms with Crippen LogP contribution in [0.4, 0.5) is 5.69 Å². The Morgan fingerprint density at radius 3 is 2.38 bits per heavy atom. The van der Waals surface area contributed by atoms with Crippen LogP contribution in [0, 0.1) is 5.41 Å². The zero-order valence-corrected chi connectivity index (χ0v) is 13.5. The second-order valence-corrected chi connectivity index (χ2v) is 8.27. The molecule has 1 aromatic carbocycles. The molecule has 1 rings (SSSR count). The minimum Gasteiger partial charge on any atom is -0.399 e. The third-order valence-corrected chi connectivity index (χ3v) is 4.93. The summed E-state index contributed by atoms with van der Waals surface area (Å²) in [6, 6.07) is 6.90. The summed E-state index contributed by atoms with van der Waals surface area (Å²) in [4.78, 5) is 11.2. The fraction of sp³-hybridized carbons (Fsp3) is 0.500. The van der Waals surface area contributed by atoms with E-state index < -0.39 is 21.3 Å². The summed E-state index contributed by atoms with van der Waals surface area (Å²) in [7, 11) is -3.59. The molecule has 0 saturated heterocycles. The first-order chi connectivity index (χ1) is 9.49. The van der Waals surface area contributed by atoms with Gasteiger partial charge in [-0.2, -0.15) is 4.31 Å². The molecule has 0 bridgehead atoms. The van der Waals surface area contributed by atoms with Gasteiger partial charge in [0.05, 0.1) is 12.3 Å². The summed E-state index contributed by atoms with van der Waals surface area (Å²) in [6.45, 7) is 5.22. The van der Waals surface area contributed by atoms with E-state index in [0.717, 1.165) is 4.31 Å². The fourth-order valence-electron chi connectivity index (χ4n) is 1.96. The number of nitrogens with two attached hydrogens (primary N) is 2. The van der Waals surface area contributed by atoms with Gasteiger partial charge in [0, 0.05) is 12.2 Å². The van der Waals surface area contributed by atoms with Gasteiger partial charge in [-0.1, -0.05) is 32.9 Å². The zero-order valence-electron chi connectivity index (χ0n) is 12.7. The number of anilines is 1. The average molecular weight is 313 g/mol. The lowest BCUT2D eigenvalue weighted by molar-refractivity contribution is -0.118. The molecule has 21 heavy (non-hydrogen) atoms. The summed E-state index contributed by atoms with van der Waals surface area (Å²) in [5.74, 6) is -0.744. The van der Waals surface area contributed by atoms with E-state index in [-0.39, 0.29) is 18.8 Å². The minimum atomic E-state index is -3.59. The van der Waals surface area contributed by atoms with Gasteiger partial charge >= 0.3 is 0 Å². The number of hydrogen-bond acceptors (Lipinski definition) is 4. The quantitative estimate of drug-likeness (QED) is 0.762. The summed E-state index contributed by atoms with van der Waals surface area (Å²) < 4.78 is 26.0. The molecule has 0 aliphatic rings. The Hall–Kier alpha value is -1.60. The maximum absolute atomic E-state index is 12.5. The van der Waals surface area contributed by atoms with Gasteiger partial charge in [0.2, 0.25) is 15.9 Å². The van der Waals surface area contributed by atoms with E-state index in [4.69, 9.17) is 11.5 Å². The van der Waals surface area contributed by atoms with Gasteiger partial charge < -0.3 is 11.5 Å². The number of hydrogen-bond donors (Lipinski definition) is 2. The maximum atomic E-state index is 12.5. The molecular formula is C14H23N3O3S. The Morgan fingerprint density at radius 2 is 1.90 bits per heavy atom. The highest BCUT2D eigenvalue weighted by atomic mass is 32.2. The van der Waals surface area contributed by atoms with Crippen molar-refractivity contribution in [3.63, 3.8) is 0 Å². The van der Waals surface area contributed by atoms with Crippen molar-refractivity contribution >= 4 is 21.6 Å². The number of carbonyl (C=O) groups excluding carboxylic acids is 1. The summed E-state index contributed by atoms with van der Waals surface area (Å²) in [5, 5.41) is 0. The van der Waals surface area contributed by atoms with Gasteiger partial charge in [0.25, 0.3) is 0 Å². The van der Waals surface area contributed by atoms with Crippen LogP contribution in [0.1, 0.15) is 26.3 Å². The first-order valence-corrected chi connectivity index (χ1v) is 8.21. The second-order valence-electron chi connectivity index (χ2n) is 6.30. The van der Waals surface area contributed by atoms with Crippen molar-refractivity contribution in [3.8, 4) is 0 Å². The van der Waals surface area contributed by atoms with Crippen LogP contribution in [-0.2, 0) is 21.4 Å². The molecule has 4 N–H and O–H groups in total. The highest BCUT2D eigenvalue weighted by molar-refractivity contribution is 7.89. The van der Waals surface area contributed by atoms with Gasteiger partial charge in [-0.05, 0) is 23.1 Å². The third kappa shape index (κ3) is 6.14. The molecule has 0 radical (unpaired) electrons. The molecule has 118 valence electrons. The predicted molar refractivity (Wildman–Crippen MR) is 83.7 cm³/mol. The first-order valence-electron chi connectivity index (χ1n) is 6.60. The predicted octanol–water partition coefficient (Wildman–Crippen LogP) is 0.932. The molecule has 7 heteroatoms. The van der Waals surface area contributed by atoms with Gasteiger partial charge in [-0.25, -0.2) is 8.42 Å². The standard InChI is InChI=1S/C14H23N3O3S/c1-14(2,3)10-21(19,20)17(9-13(16)18)8-11-5-4-6-12(15)7-11/h4-7H,8-10,15H2,1-3H3,(H2,16,18). The Kier molecular flexibility index (Phi) is 5.36. The molecule has 0 aliphatic heterocycles. The molecule has 0 saturated carbocycles. The number of carbonyl (C=O) groups is 1. The number of rotatable bonds is 6. The van der Waals surface area contributed by atoms with Gasteiger partial charge in [0.1, 0.15) is 0 Å². The smallest absolute Gasteiger partial charge is 0.232 e. The van der Waals surface area contributed by atoms with Crippen LogP contribution in [0.5, 0.6) is 0 Å². The van der Waals surface area contributed by atoms with Gasteiger partial charge in [-0.3, -0.25) is 4.79 Å². The Balaban J connectivity index is 3.03. The molecule has 0 aromatic heterocycles. The Labute approximate surface area is 126 Å². The summed E-state index contributed by atoms with van der Waals surface area (Å²) in [6.07, 6.45) is 0. The summed E-state index contributed by atoms with van der Waals surface area (Å²) >= 11 is 0. The van der Waals surface area contributed by atoms with Crippen molar-refractivity contribution in [2.24, 2.45) is 11.1 Å². The lowest BCUT2D eigenvalue weighted by Crippen LogP contribution is -2.41. The molecule has 0 heterocycles. The topological polar surface area (TPSA) is 106 Å². The SMILES string of the molecule is CC(C)(C)CS(=O)(=O)N(CC(N)=O)Cc1cccc(N)c1. The third-order valence-electron chi connectivity index (χ3n) is 2.65. The van der Waals surface area contributed by atoms with Gasteiger partial charge in [0.15, 0.2) is 0 Å². The summed E-state index contributed by atoms with van der Waals surface area (Å²) in [5.41, 5.74) is 11.7. The monoisotopic (exact) mass is 313 g/mol. The van der Waals surface area contributed by atoms with Crippen LogP contribution in [0.15, 0.2) is 24.3 Å². The van der Waals surface area contributed by atoms with Crippen LogP contribution in [0.3, 0.4) is 0 Å². The number of sulfonamides is 1. The number of nitrogens with zero attached hydrogens (tertiary/aromatic N) is 1. The van der Waals surface area contributed by atoms with Crippen molar-refractivity contribution in [1.82, 2.24) is 4.31 Å². The van der Waals surface area contributed by atoms with E-state index in [1.165, 1.54) is 0 Å². The van der Waals surface area contributed by atoms with E-state index in [9.17, 15) is 13.2 Å². The van der Waals surface area contributed by atoms with Crippen LogP contribution in [-0.4, -0.2) is 30.9 Å². The second kappa shape index (κ2) is 6.44. The molecule has 0 fully saturated rings. The van der Waals surface area contributed by atoms with Crippen LogP contribution in [0.25, 0.3) is 0 Å². The van der Waals surface area contributed by atoms with E-state index in [1.54, 1.807) is 24.3 Å². The normalized spacial score (nSPS) is 12.6. The van der Waals surface area contributed by atoms with Crippen LogP contribution in [0.2, 0.25) is 0 Å². The van der Waals surface area contributed by atoms with Crippen molar-refractivity contribution in [1.29, 1.82) is 0 Å². The molecular weight excluding hydrogens is 290 g/mol. The van der Waals surface area contributed by atoms with Crippen molar-refractivity contribution in [2.45, 2.75) is 27.3 Å². The highest BCUT2D eigenvalue weighted by Gasteiger charge is 2.29. The number of benzene rings is 1. The zero-order chi connectivity index (χ0) is 16.3. The average Bonchev–Trinajstić information content (AvgIpc) is 2.24. The highest BCUT2D eigenvalue weighted by Crippen LogP contribution is 2.20. The van der Waals surface area contributed by atoms with Gasteiger partial charge in [-0.15, -0.1) is 0 Å². The molecule has 1 aromatic rings. The number of primary amides is 1. The van der Waals surface area contributed by atoms with Crippen LogP contribution < -0.4 is 11.5 Å².